The number of aromatic nitrogens is 2. The van der Waals surface area contributed by atoms with E-state index >= 15 is 0 Å². The van der Waals surface area contributed by atoms with Gasteiger partial charge in [-0.15, -0.1) is 0 Å². The van der Waals surface area contributed by atoms with Gasteiger partial charge in [0.15, 0.2) is 0 Å². The largest absolute Gasteiger partial charge is 0.467 e. The van der Waals surface area contributed by atoms with Crippen LogP contribution in [0.25, 0.3) is 0 Å². The van der Waals surface area contributed by atoms with E-state index in [1.54, 1.807) is 35.3 Å². The Morgan fingerprint density at radius 1 is 1.23 bits per heavy atom. The zero-order valence-electron chi connectivity index (χ0n) is 13.4. The maximum absolute atomic E-state index is 12.7. The van der Waals surface area contributed by atoms with Gasteiger partial charge in [0, 0.05) is 24.6 Å². The van der Waals surface area contributed by atoms with Crippen LogP contribution in [-0.2, 0) is 6.18 Å². The van der Waals surface area contributed by atoms with Crippen LogP contribution in [0.15, 0.2) is 65.5 Å². The lowest BCUT2D eigenvalue weighted by Crippen LogP contribution is -2.34. The van der Waals surface area contributed by atoms with Crippen LogP contribution in [0.3, 0.4) is 0 Å². The Hall–Kier alpha value is -3.23. The molecule has 3 rings (SSSR count). The summed E-state index contributed by atoms with van der Waals surface area (Å²) in [6.45, 7) is 0.139. The number of hydrogen-bond acceptors (Lipinski definition) is 3. The van der Waals surface area contributed by atoms with Gasteiger partial charge in [0.1, 0.15) is 11.8 Å². The van der Waals surface area contributed by atoms with Gasteiger partial charge in [-0.1, -0.05) is 6.07 Å². The standard InChI is InChI=1S/C17H15F3N4O2/c18-17(19,20)12-4-1-5-13(10-12)23-16(25)21-11-14(15-6-2-9-26-15)24-8-3-7-22-24/h1-10,14H,11H2,(H2,21,23,25). The Morgan fingerprint density at radius 3 is 2.73 bits per heavy atom. The third kappa shape index (κ3) is 4.24. The molecule has 0 aliphatic rings. The number of urea groups is 1. The average Bonchev–Trinajstić information content (AvgIpc) is 3.28. The number of nitrogens with zero attached hydrogens (tertiary/aromatic N) is 2. The van der Waals surface area contributed by atoms with E-state index in [0.29, 0.717) is 5.76 Å². The summed E-state index contributed by atoms with van der Waals surface area (Å²) in [4.78, 5) is 12.1. The van der Waals surface area contributed by atoms with Crippen molar-refractivity contribution >= 4 is 11.7 Å². The highest BCUT2D eigenvalue weighted by molar-refractivity contribution is 5.89. The Kier molecular flexibility index (Phi) is 4.97. The molecule has 1 aromatic carbocycles. The van der Waals surface area contributed by atoms with Crippen molar-refractivity contribution in [2.75, 3.05) is 11.9 Å². The number of halogens is 3. The second-order valence-electron chi connectivity index (χ2n) is 5.43. The number of alkyl halides is 3. The molecule has 0 aliphatic carbocycles. The fourth-order valence-corrected chi connectivity index (χ4v) is 2.41. The first-order valence-corrected chi connectivity index (χ1v) is 7.68. The molecule has 0 spiro atoms. The molecule has 0 bridgehead atoms. The molecule has 0 aliphatic heterocycles. The predicted octanol–water partition coefficient (Wildman–Crippen LogP) is 3.91. The van der Waals surface area contributed by atoms with Crippen LogP contribution in [0.4, 0.5) is 23.7 Å². The van der Waals surface area contributed by atoms with E-state index in [1.807, 2.05) is 0 Å². The minimum atomic E-state index is -4.47. The van der Waals surface area contributed by atoms with Gasteiger partial charge in [0.2, 0.25) is 0 Å². The van der Waals surface area contributed by atoms with Crippen molar-refractivity contribution in [2.24, 2.45) is 0 Å². The molecule has 0 saturated carbocycles. The normalized spacial score (nSPS) is 12.6. The van der Waals surface area contributed by atoms with Gasteiger partial charge >= 0.3 is 12.2 Å². The summed E-state index contributed by atoms with van der Waals surface area (Å²) in [6.07, 6.45) is 0.353. The van der Waals surface area contributed by atoms with Crippen LogP contribution in [0.1, 0.15) is 17.4 Å². The molecular weight excluding hydrogens is 349 g/mol. The second-order valence-corrected chi connectivity index (χ2v) is 5.43. The zero-order chi connectivity index (χ0) is 18.6. The van der Waals surface area contributed by atoms with E-state index in [-0.39, 0.29) is 18.3 Å². The number of rotatable bonds is 5. The highest BCUT2D eigenvalue weighted by Crippen LogP contribution is 2.30. The van der Waals surface area contributed by atoms with Crippen LogP contribution in [0.2, 0.25) is 0 Å². The Morgan fingerprint density at radius 2 is 2.08 bits per heavy atom. The molecule has 2 aromatic heterocycles. The minimum absolute atomic E-state index is 0.0472. The van der Waals surface area contributed by atoms with Crippen molar-refractivity contribution in [3.8, 4) is 0 Å². The van der Waals surface area contributed by atoms with Gasteiger partial charge in [-0.3, -0.25) is 4.68 Å². The summed E-state index contributed by atoms with van der Waals surface area (Å²) in [5, 5.41) is 9.14. The van der Waals surface area contributed by atoms with E-state index in [0.717, 1.165) is 12.1 Å². The molecular formula is C17H15F3N4O2. The summed E-state index contributed by atoms with van der Waals surface area (Å²) < 4.78 is 45.2. The van der Waals surface area contributed by atoms with Gasteiger partial charge in [0.25, 0.3) is 0 Å². The average molecular weight is 364 g/mol. The molecule has 2 heterocycles. The summed E-state index contributed by atoms with van der Waals surface area (Å²) in [5.74, 6) is 0.591. The van der Waals surface area contributed by atoms with Gasteiger partial charge in [-0.05, 0) is 36.4 Å². The zero-order valence-corrected chi connectivity index (χ0v) is 13.4. The van der Waals surface area contributed by atoms with Crippen LogP contribution >= 0.6 is 0 Å². The number of amides is 2. The number of benzene rings is 1. The van der Waals surface area contributed by atoms with Crippen LogP contribution < -0.4 is 10.6 Å². The number of nitrogens with one attached hydrogen (secondary N) is 2. The first-order chi connectivity index (χ1) is 12.4. The van der Waals surface area contributed by atoms with Crippen molar-refractivity contribution < 1.29 is 22.4 Å². The Balaban J connectivity index is 1.64. The maximum atomic E-state index is 12.7. The minimum Gasteiger partial charge on any atom is -0.467 e. The van der Waals surface area contributed by atoms with Crippen LogP contribution in [0.5, 0.6) is 0 Å². The maximum Gasteiger partial charge on any atom is 0.416 e. The van der Waals surface area contributed by atoms with Crippen molar-refractivity contribution in [2.45, 2.75) is 12.2 Å². The third-order valence-electron chi connectivity index (χ3n) is 3.62. The van der Waals surface area contributed by atoms with Gasteiger partial charge < -0.3 is 15.1 Å². The third-order valence-corrected chi connectivity index (χ3v) is 3.62. The molecule has 1 atom stereocenters. The van der Waals surface area contributed by atoms with Crippen LogP contribution in [-0.4, -0.2) is 22.4 Å². The number of carbonyl (C=O) groups excluding carboxylic acids is 1. The molecule has 6 nitrogen and oxygen atoms in total. The molecule has 9 heteroatoms. The number of furan rings is 1. The highest BCUT2D eigenvalue weighted by Gasteiger charge is 2.30. The van der Waals surface area contributed by atoms with E-state index < -0.39 is 17.8 Å². The molecule has 2 N–H and O–H groups in total. The Labute approximate surface area is 146 Å². The number of carbonyl (C=O) groups is 1. The fourth-order valence-electron chi connectivity index (χ4n) is 2.41. The molecule has 3 aromatic rings. The summed E-state index contributed by atoms with van der Waals surface area (Å²) in [5.41, 5.74) is -0.786. The van der Waals surface area contributed by atoms with Gasteiger partial charge in [-0.25, -0.2) is 4.79 Å². The lowest BCUT2D eigenvalue weighted by molar-refractivity contribution is -0.137. The van der Waals surface area contributed by atoms with Gasteiger partial charge in [-0.2, -0.15) is 18.3 Å². The van der Waals surface area contributed by atoms with Crippen LogP contribution in [0, 0.1) is 0 Å². The molecule has 136 valence electrons. The topological polar surface area (TPSA) is 72.1 Å². The van der Waals surface area contributed by atoms with Gasteiger partial charge in [0.05, 0.1) is 11.8 Å². The fraction of sp³-hybridized carbons (Fsp3) is 0.176. The predicted molar refractivity (Wildman–Crippen MR) is 87.5 cm³/mol. The Bertz CT molecular complexity index is 811. The van der Waals surface area contributed by atoms with Crippen molar-refractivity contribution in [3.05, 3.63) is 72.4 Å². The van der Waals surface area contributed by atoms with E-state index in [2.05, 4.69) is 15.7 Å². The molecule has 0 saturated heterocycles. The number of anilines is 1. The number of hydrogen-bond donors (Lipinski definition) is 2. The van der Waals surface area contributed by atoms with E-state index in [9.17, 15) is 18.0 Å². The summed E-state index contributed by atoms with van der Waals surface area (Å²) >= 11 is 0. The van der Waals surface area contributed by atoms with E-state index in [4.69, 9.17) is 4.42 Å². The SMILES string of the molecule is O=C(NCC(c1ccco1)n1cccn1)Nc1cccc(C(F)(F)F)c1. The molecule has 2 amide bonds. The molecule has 0 radical (unpaired) electrons. The molecule has 0 fully saturated rings. The van der Waals surface area contributed by atoms with Crippen molar-refractivity contribution in [1.29, 1.82) is 0 Å². The monoisotopic (exact) mass is 364 g/mol. The lowest BCUT2D eigenvalue weighted by Gasteiger charge is -2.17. The second kappa shape index (κ2) is 7.34. The first kappa shape index (κ1) is 17.6. The lowest BCUT2D eigenvalue weighted by atomic mass is 10.2. The quantitative estimate of drug-likeness (QED) is 0.721. The smallest absolute Gasteiger partial charge is 0.416 e. The molecule has 26 heavy (non-hydrogen) atoms. The summed E-state index contributed by atoms with van der Waals surface area (Å²) in [6, 6.07) is 8.61. The van der Waals surface area contributed by atoms with Crippen molar-refractivity contribution in [1.82, 2.24) is 15.1 Å². The summed E-state index contributed by atoms with van der Waals surface area (Å²) in [7, 11) is 0. The van der Waals surface area contributed by atoms with E-state index in [1.165, 1.54) is 18.4 Å². The highest BCUT2D eigenvalue weighted by atomic mass is 19.4. The molecule has 1 unspecified atom stereocenters. The van der Waals surface area contributed by atoms with Crippen molar-refractivity contribution in [3.63, 3.8) is 0 Å². The first-order valence-electron chi connectivity index (χ1n) is 7.68.